The molecule has 0 N–H and O–H groups in total. The molecule has 0 aliphatic heterocycles. The Hall–Kier alpha value is -2.23. The molecule has 0 spiro atoms. The van der Waals surface area contributed by atoms with Gasteiger partial charge in [0.2, 0.25) is 0 Å². The van der Waals surface area contributed by atoms with E-state index in [1.54, 1.807) is 50.7 Å². The molecule has 4 heteroatoms. The van der Waals surface area contributed by atoms with Crippen LogP contribution in [0.25, 0.3) is 0 Å². The second-order valence-corrected chi connectivity index (χ2v) is 3.27. The predicted molar refractivity (Wildman–Crippen MR) is 62.7 cm³/mol. The summed E-state index contributed by atoms with van der Waals surface area (Å²) in [4.78, 5) is 3.85. The lowest BCUT2D eigenvalue weighted by molar-refractivity contribution is 0.386. The summed E-state index contributed by atoms with van der Waals surface area (Å²) in [6, 6.07) is 8.80. The Labute approximate surface area is 99.8 Å². The molecule has 0 amide bonds. The van der Waals surface area contributed by atoms with Gasteiger partial charge in [0.05, 0.1) is 26.6 Å². The maximum atomic E-state index is 5.62. The van der Waals surface area contributed by atoms with Crippen molar-refractivity contribution in [3.8, 4) is 23.0 Å². The summed E-state index contributed by atoms with van der Waals surface area (Å²) < 4.78 is 15.9. The molecule has 0 aliphatic rings. The molecule has 0 atom stereocenters. The number of hydrogen-bond donors (Lipinski definition) is 0. The van der Waals surface area contributed by atoms with Gasteiger partial charge in [-0.1, -0.05) is 0 Å². The Bertz CT molecular complexity index is 463. The van der Waals surface area contributed by atoms with Gasteiger partial charge in [0.1, 0.15) is 23.0 Å². The third kappa shape index (κ3) is 2.87. The Morgan fingerprint density at radius 3 is 2.12 bits per heavy atom. The number of aromatic nitrogens is 1. The lowest BCUT2D eigenvalue weighted by Crippen LogP contribution is -1.90. The standard InChI is InChI=1S/C13H12NO3/c1-15-11-6-12(16-2)8-13(7-11)17-10-4-3-5-14-9-10/h3-4,6-9H,1-2H3. The molecule has 17 heavy (non-hydrogen) atoms. The van der Waals surface area contributed by atoms with Crippen molar-refractivity contribution >= 4 is 0 Å². The van der Waals surface area contributed by atoms with Gasteiger partial charge in [0.15, 0.2) is 0 Å². The van der Waals surface area contributed by atoms with Crippen LogP contribution < -0.4 is 14.2 Å². The Morgan fingerprint density at radius 1 is 0.941 bits per heavy atom. The van der Waals surface area contributed by atoms with Crippen molar-refractivity contribution in [2.45, 2.75) is 0 Å². The Kier molecular flexibility index (Phi) is 3.45. The zero-order chi connectivity index (χ0) is 12.1. The molecular formula is C13H12NO3. The highest BCUT2D eigenvalue weighted by molar-refractivity contribution is 5.43. The van der Waals surface area contributed by atoms with E-state index in [9.17, 15) is 0 Å². The van der Waals surface area contributed by atoms with Crippen LogP contribution >= 0.6 is 0 Å². The zero-order valence-corrected chi connectivity index (χ0v) is 9.64. The number of ether oxygens (including phenoxy) is 3. The fourth-order valence-electron chi connectivity index (χ4n) is 1.34. The molecule has 87 valence electrons. The molecule has 0 bridgehead atoms. The van der Waals surface area contributed by atoms with Gasteiger partial charge in [0.25, 0.3) is 0 Å². The minimum Gasteiger partial charge on any atom is -0.496 e. The van der Waals surface area contributed by atoms with Gasteiger partial charge in [-0.05, 0) is 12.1 Å². The van der Waals surface area contributed by atoms with Crippen LogP contribution in [0.5, 0.6) is 23.0 Å². The highest BCUT2D eigenvalue weighted by atomic mass is 16.5. The topological polar surface area (TPSA) is 40.6 Å². The van der Waals surface area contributed by atoms with Crippen LogP contribution in [0.15, 0.2) is 36.5 Å². The fourth-order valence-corrected chi connectivity index (χ4v) is 1.34. The van der Waals surface area contributed by atoms with Gasteiger partial charge in [-0.2, -0.15) is 0 Å². The normalized spacial score (nSPS) is 9.76. The summed E-state index contributed by atoms with van der Waals surface area (Å²) in [6.07, 6.45) is 4.27. The van der Waals surface area contributed by atoms with Crippen molar-refractivity contribution in [1.29, 1.82) is 0 Å². The first-order valence-corrected chi connectivity index (χ1v) is 5.05. The van der Waals surface area contributed by atoms with Crippen LogP contribution in [0.1, 0.15) is 0 Å². The molecule has 0 unspecified atom stereocenters. The first-order valence-electron chi connectivity index (χ1n) is 5.05. The molecule has 1 heterocycles. The van der Waals surface area contributed by atoms with Crippen LogP contribution in [0.2, 0.25) is 0 Å². The molecule has 1 aromatic carbocycles. The summed E-state index contributed by atoms with van der Waals surface area (Å²) in [6.45, 7) is 0. The van der Waals surface area contributed by atoms with Gasteiger partial charge in [-0.3, -0.25) is 4.98 Å². The van der Waals surface area contributed by atoms with Gasteiger partial charge in [0, 0.05) is 18.2 Å². The highest BCUT2D eigenvalue weighted by Crippen LogP contribution is 2.30. The third-order valence-electron chi connectivity index (χ3n) is 2.15. The first kappa shape index (κ1) is 11.3. The molecule has 1 aromatic heterocycles. The van der Waals surface area contributed by atoms with E-state index in [1.807, 2.05) is 0 Å². The average molecular weight is 230 g/mol. The lowest BCUT2D eigenvalue weighted by Gasteiger charge is -2.09. The number of methoxy groups -OCH3 is 2. The fraction of sp³-hybridized carbons (Fsp3) is 0.154. The number of hydrogen-bond acceptors (Lipinski definition) is 4. The molecule has 0 fully saturated rings. The Balaban J connectivity index is 2.26. The van der Waals surface area contributed by atoms with E-state index in [0.29, 0.717) is 23.0 Å². The number of rotatable bonds is 4. The molecule has 1 radical (unpaired) electrons. The second-order valence-electron chi connectivity index (χ2n) is 3.27. The van der Waals surface area contributed by atoms with Crippen LogP contribution in [0.3, 0.4) is 0 Å². The zero-order valence-electron chi connectivity index (χ0n) is 9.64. The number of benzene rings is 1. The maximum absolute atomic E-state index is 5.62. The third-order valence-corrected chi connectivity index (χ3v) is 2.15. The van der Waals surface area contributed by atoms with Crippen molar-refractivity contribution in [1.82, 2.24) is 4.98 Å². The summed E-state index contributed by atoms with van der Waals surface area (Å²) in [7, 11) is 3.19. The van der Waals surface area contributed by atoms with E-state index >= 15 is 0 Å². The molecule has 0 saturated carbocycles. The van der Waals surface area contributed by atoms with E-state index in [2.05, 4.69) is 11.2 Å². The maximum Gasteiger partial charge on any atom is 0.145 e. The summed E-state index contributed by atoms with van der Waals surface area (Å²) in [5, 5.41) is 0. The van der Waals surface area contributed by atoms with Crippen molar-refractivity contribution in [3.05, 3.63) is 42.7 Å². The lowest BCUT2D eigenvalue weighted by atomic mass is 10.3. The van der Waals surface area contributed by atoms with Crippen molar-refractivity contribution in [2.24, 2.45) is 0 Å². The second kappa shape index (κ2) is 5.21. The van der Waals surface area contributed by atoms with E-state index in [0.717, 1.165) is 0 Å². The smallest absolute Gasteiger partial charge is 0.145 e. The van der Waals surface area contributed by atoms with Crippen molar-refractivity contribution in [3.63, 3.8) is 0 Å². The minimum atomic E-state index is 0.634. The van der Waals surface area contributed by atoms with E-state index in [-0.39, 0.29) is 0 Å². The van der Waals surface area contributed by atoms with Crippen molar-refractivity contribution < 1.29 is 14.2 Å². The average Bonchev–Trinajstić information content (AvgIpc) is 2.39. The van der Waals surface area contributed by atoms with Crippen molar-refractivity contribution in [2.75, 3.05) is 14.2 Å². The quantitative estimate of drug-likeness (QED) is 0.809. The van der Waals surface area contributed by atoms with Gasteiger partial charge in [-0.15, -0.1) is 0 Å². The first-order chi connectivity index (χ1) is 8.31. The van der Waals surface area contributed by atoms with Gasteiger partial charge in [-0.25, -0.2) is 0 Å². The minimum absolute atomic E-state index is 0.634. The van der Waals surface area contributed by atoms with Crippen LogP contribution in [0, 0.1) is 6.20 Å². The van der Waals surface area contributed by atoms with E-state index < -0.39 is 0 Å². The Morgan fingerprint density at radius 2 is 1.59 bits per heavy atom. The molecule has 0 aliphatic carbocycles. The van der Waals surface area contributed by atoms with Crippen LogP contribution in [0.4, 0.5) is 0 Å². The summed E-state index contributed by atoms with van der Waals surface area (Å²) >= 11 is 0. The summed E-state index contributed by atoms with van der Waals surface area (Å²) in [5.41, 5.74) is 0. The largest absolute Gasteiger partial charge is 0.496 e. The SMILES string of the molecule is COc1cc(OC)cc(Oc2cc[c]nc2)c1. The predicted octanol–water partition coefficient (Wildman–Crippen LogP) is 2.69. The van der Waals surface area contributed by atoms with E-state index in [4.69, 9.17) is 14.2 Å². The number of pyridine rings is 1. The highest BCUT2D eigenvalue weighted by Gasteiger charge is 2.03. The van der Waals surface area contributed by atoms with E-state index in [1.165, 1.54) is 0 Å². The molecule has 4 nitrogen and oxygen atoms in total. The number of nitrogens with zero attached hydrogens (tertiary/aromatic N) is 1. The molecule has 0 saturated heterocycles. The van der Waals surface area contributed by atoms with Gasteiger partial charge >= 0.3 is 0 Å². The van der Waals surface area contributed by atoms with Crippen LogP contribution in [-0.2, 0) is 0 Å². The van der Waals surface area contributed by atoms with Crippen LogP contribution in [-0.4, -0.2) is 19.2 Å². The molecule has 2 rings (SSSR count). The molecular weight excluding hydrogens is 218 g/mol. The van der Waals surface area contributed by atoms with Gasteiger partial charge < -0.3 is 14.2 Å². The summed E-state index contributed by atoms with van der Waals surface area (Å²) in [5.74, 6) is 2.62. The molecule has 2 aromatic rings. The monoisotopic (exact) mass is 230 g/mol.